The molecule has 1 atom stereocenters. The van der Waals surface area contributed by atoms with Crippen LogP contribution in [0, 0.1) is 6.92 Å². The molecule has 38 heavy (non-hydrogen) atoms. The molecule has 2 aliphatic heterocycles. The number of aliphatic hydroxyl groups is 1. The van der Waals surface area contributed by atoms with Crippen molar-refractivity contribution in [3.8, 4) is 11.5 Å². The number of hydrogen-bond donors (Lipinski definition) is 2. The fourth-order valence-corrected chi connectivity index (χ4v) is 4.65. The van der Waals surface area contributed by atoms with E-state index in [1.807, 2.05) is 55.5 Å². The number of imide groups is 1. The van der Waals surface area contributed by atoms with Crippen LogP contribution in [-0.2, 0) is 16.1 Å². The molecule has 2 fully saturated rings. The standard InChI is InChI=1S/C28H36N4O6/c1-21-4-8-25(9-5-21)38-20-28(36)18-30(13-14-32(19-28)22(2)33)16-23-6-10-24(11-7-23)37-15-3-12-31-17-26(34)29-27(31)35/h4-11,36H,3,12-20H2,1-2H3,(H,29,34,35)/t28-/m0/s1. The molecule has 4 rings (SSSR count). The molecule has 2 aromatic carbocycles. The summed E-state index contributed by atoms with van der Waals surface area (Å²) in [6, 6.07) is 15.1. The minimum atomic E-state index is -1.22. The highest BCUT2D eigenvalue weighted by Crippen LogP contribution is 2.21. The van der Waals surface area contributed by atoms with E-state index >= 15 is 0 Å². The van der Waals surface area contributed by atoms with Crippen LogP contribution in [0.15, 0.2) is 48.5 Å². The second kappa shape index (κ2) is 12.3. The van der Waals surface area contributed by atoms with E-state index in [1.54, 1.807) is 4.90 Å². The van der Waals surface area contributed by atoms with Gasteiger partial charge in [-0.3, -0.25) is 19.8 Å². The highest BCUT2D eigenvalue weighted by atomic mass is 16.5. The minimum Gasteiger partial charge on any atom is -0.494 e. The van der Waals surface area contributed by atoms with E-state index in [9.17, 15) is 19.5 Å². The minimum absolute atomic E-state index is 0.0703. The lowest BCUT2D eigenvalue weighted by molar-refractivity contribution is -0.132. The topological polar surface area (TPSA) is 112 Å². The van der Waals surface area contributed by atoms with E-state index in [4.69, 9.17) is 9.47 Å². The third-order valence-corrected chi connectivity index (χ3v) is 6.70. The predicted molar refractivity (Wildman–Crippen MR) is 141 cm³/mol. The van der Waals surface area contributed by atoms with Crippen LogP contribution >= 0.6 is 0 Å². The molecule has 2 aliphatic rings. The first-order valence-corrected chi connectivity index (χ1v) is 12.9. The second-order valence-electron chi connectivity index (χ2n) is 10.1. The second-order valence-corrected chi connectivity index (χ2v) is 10.1. The number of carbonyl (C=O) groups is 3. The smallest absolute Gasteiger partial charge is 0.324 e. The number of carbonyl (C=O) groups excluding carboxylic acids is 3. The van der Waals surface area contributed by atoms with Gasteiger partial charge < -0.3 is 24.4 Å². The molecule has 0 radical (unpaired) electrons. The van der Waals surface area contributed by atoms with E-state index in [0.29, 0.717) is 51.5 Å². The Hall–Kier alpha value is -3.63. The van der Waals surface area contributed by atoms with Crippen LogP contribution < -0.4 is 14.8 Å². The maximum absolute atomic E-state index is 12.2. The Morgan fingerprint density at radius 3 is 2.34 bits per heavy atom. The van der Waals surface area contributed by atoms with Crippen molar-refractivity contribution in [3.63, 3.8) is 0 Å². The number of β-amino-alcohol motifs (C(OH)–C–C–N with tert-alkyl or cyclic N) is 1. The number of aryl methyl sites for hydroxylation is 1. The molecule has 2 heterocycles. The number of benzene rings is 2. The summed E-state index contributed by atoms with van der Waals surface area (Å²) in [5.74, 6) is 1.06. The molecule has 0 saturated carbocycles. The largest absolute Gasteiger partial charge is 0.494 e. The van der Waals surface area contributed by atoms with Crippen molar-refractivity contribution >= 4 is 17.8 Å². The van der Waals surface area contributed by atoms with Gasteiger partial charge in [0.05, 0.1) is 13.2 Å². The molecule has 4 amide bonds. The molecule has 0 spiro atoms. The van der Waals surface area contributed by atoms with Gasteiger partial charge in [0.15, 0.2) is 0 Å². The zero-order chi connectivity index (χ0) is 27.1. The molecule has 2 saturated heterocycles. The van der Waals surface area contributed by atoms with Gasteiger partial charge in [-0.1, -0.05) is 29.8 Å². The van der Waals surface area contributed by atoms with Gasteiger partial charge in [-0.2, -0.15) is 0 Å². The maximum atomic E-state index is 12.2. The molecule has 0 aliphatic carbocycles. The lowest BCUT2D eigenvalue weighted by Gasteiger charge is -2.32. The van der Waals surface area contributed by atoms with Crippen LogP contribution in [0.25, 0.3) is 0 Å². The number of nitrogens with one attached hydrogen (secondary N) is 1. The molecule has 0 bridgehead atoms. The third kappa shape index (κ3) is 7.69. The van der Waals surface area contributed by atoms with E-state index < -0.39 is 5.60 Å². The van der Waals surface area contributed by atoms with Gasteiger partial charge in [-0.05, 0) is 43.2 Å². The summed E-state index contributed by atoms with van der Waals surface area (Å²) in [7, 11) is 0. The first-order chi connectivity index (χ1) is 18.2. The van der Waals surface area contributed by atoms with Crippen LogP contribution in [0.4, 0.5) is 4.79 Å². The Morgan fingerprint density at radius 2 is 1.68 bits per heavy atom. The highest BCUT2D eigenvalue weighted by molar-refractivity contribution is 6.01. The fraction of sp³-hybridized carbons (Fsp3) is 0.464. The number of ether oxygens (including phenoxy) is 2. The van der Waals surface area contributed by atoms with Gasteiger partial charge in [0.25, 0.3) is 0 Å². The van der Waals surface area contributed by atoms with Gasteiger partial charge in [0.2, 0.25) is 11.8 Å². The zero-order valence-corrected chi connectivity index (χ0v) is 22.0. The molecular weight excluding hydrogens is 488 g/mol. The first-order valence-electron chi connectivity index (χ1n) is 12.9. The molecule has 2 N–H and O–H groups in total. The maximum Gasteiger partial charge on any atom is 0.324 e. The number of hydrogen-bond acceptors (Lipinski definition) is 7. The van der Waals surface area contributed by atoms with Crippen LogP contribution in [0.2, 0.25) is 0 Å². The van der Waals surface area contributed by atoms with E-state index in [-0.39, 0.29) is 37.5 Å². The van der Waals surface area contributed by atoms with E-state index in [0.717, 1.165) is 16.9 Å². The number of amides is 4. The molecular formula is C28H36N4O6. The average molecular weight is 525 g/mol. The van der Waals surface area contributed by atoms with Crippen molar-refractivity contribution in [3.05, 3.63) is 59.7 Å². The lowest BCUT2D eigenvalue weighted by Crippen LogP contribution is -2.51. The summed E-state index contributed by atoms with van der Waals surface area (Å²) in [4.78, 5) is 40.3. The number of urea groups is 1. The summed E-state index contributed by atoms with van der Waals surface area (Å²) in [5.41, 5.74) is 0.972. The Kier molecular flexibility index (Phi) is 8.85. The molecule has 0 aromatic heterocycles. The van der Waals surface area contributed by atoms with Crippen molar-refractivity contribution in [2.45, 2.75) is 32.4 Å². The van der Waals surface area contributed by atoms with Crippen LogP contribution in [-0.4, -0.2) is 95.7 Å². The van der Waals surface area contributed by atoms with E-state index in [2.05, 4.69) is 10.2 Å². The van der Waals surface area contributed by atoms with Gasteiger partial charge in [-0.15, -0.1) is 0 Å². The quantitative estimate of drug-likeness (QED) is 0.360. The van der Waals surface area contributed by atoms with Crippen molar-refractivity contribution in [1.82, 2.24) is 20.0 Å². The zero-order valence-electron chi connectivity index (χ0n) is 22.0. The van der Waals surface area contributed by atoms with E-state index in [1.165, 1.54) is 11.8 Å². The molecule has 204 valence electrons. The Balaban J connectivity index is 1.30. The normalized spacial score (nSPS) is 20.3. The summed E-state index contributed by atoms with van der Waals surface area (Å²) >= 11 is 0. The van der Waals surface area contributed by atoms with Crippen molar-refractivity contribution in [2.75, 3.05) is 52.5 Å². The van der Waals surface area contributed by atoms with Crippen molar-refractivity contribution in [2.24, 2.45) is 0 Å². The molecule has 10 heteroatoms. The van der Waals surface area contributed by atoms with Crippen molar-refractivity contribution < 1.29 is 29.0 Å². The summed E-state index contributed by atoms with van der Waals surface area (Å²) in [6.45, 7) is 6.95. The molecule has 0 unspecified atom stereocenters. The predicted octanol–water partition coefficient (Wildman–Crippen LogP) is 1.79. The van der Waals surface area contributed by atoms with Crippen LogP contribution in [0.1, 0.15) is 24.5 Å². The summed E-state index contributed by atoms with van der Waals surface area (Å²) < 4.78 is 11.7. The highest BCUT2D eigenvalue weighted by Gasteiger charge is 2.37. The van der Waals surface area contributed by atoms with Gasteiger partial charge in [0, 0.05) is 39.6 Å². The summed E-state index contributed by atoms with van der Waals surface area (Å²) in [6.07, 6.45) is 0.617. The number of rotatable bonds is 10. The third-order valence-electron chi connectivity index (χ3n) is 6.70. The SMILES string of the molecule is CC(=O)N1CCN(Cc2ccc(OCCCN3CC(=O)NC3=O)cc2)C[C@@](O)(COc2ccc(C)cc2)C1. The monoisotopic (exact) mass is 524 g/mol. The Labute approximate surface area is 223 Å². The first kappa shape index (κ1) is 27.4. The molecule has 10 nitrogen and oxygen atoms in total. The van der Waals surface area contributed by atoms with Crippen LogP contribution in [0.3, 0.4) is 0 Å². The van der Waals surface area contributed by atoms with Crippen LogP contribution in [0.5, 0.6) is 11.5 Å². The number of nitrogens with zero attached hydrogens (tertiary/aromatic N) is 3. The molecule has 2 aromatic rings. The van der Waals surface area contributed by atoms with Gasteiger partial charge >= 0.3 is 6.03 Å². The summed E-state index contributed by atoms with van der Waals surface area (Å²) in [5, 5.41) is 13.7. The van der Waals surface area contributed by atoms with Gasteiger partial charge in [0.1, 0.15) is 30.3 Å². The lowest BCUT2D eigenvalue weighted by atomic mass is 10.0. The Bertz CT molecular complexity index is 1120. The average Bonchev–Trinajstić information content (AvgIpc) is 3.10. The van der Waals surface area contributed by atoms with Gasteiger partial charge in [-0.25, -0.2) is 4.79 Å². The van der Waals surface area contributed by atoms with Crippen molar-refractivity contribution in [1.29, 1.82) is 0 Å². The fourth-order valence-electron chi connectivity index (χ4n) is 4.65. The Morgan fingerprint density at radius 1 is 1.00 bits per heavy atom.